The third-order valence-electron chi connectivity index (χ3n) is 4.13. The van der Waals surface area contributed by atoms with Crippen LogP contribution in [0.15, 0.2) is 48.8 Å². The second-order valence-corrected chi connectivity index (χ2v) is 6.85. The number of aromatic nitrogens is 2. The van der Waals surface area contributed by atoms with E-state index in [1.807, 2.05) is 19.9 Å². The summed E-state index contributed by atoms with van der Waals surface area (Å²) < 4.78 is 0. The predicted octanol–water partition coefficient (Wildman–Crippen LogP) is 4.95. The molecule has 2 N–H and O–H groups in total. The van der Waals surface area contributed by atoms with Crippen LogP contribution >= 0.6 is 11.6 Å². The van der Waals surface area contributed by atoms with Crippen LogP contribution in [-0.4, -0.2) is 21.7 Å². The maximum absolute atomic E-state index is 12.6. The van der Waals surface area contributed by atoms with Crippen molar-refractivity contribution in [2.75, 3.05) is 10.6 Å². The summed E-state index contributed by atoms with van der Waals surface area (Å²) in [6.07, 6.45) is 1.31. The molecule has 0 aliphatic heterocycles. The summed E-state index contributed by atoms with van der Waals surface area (Å²) >= 11 is 6.26. The van der Waals surface area contributed by atoms with Gasteiger partial charge in [-0.2, -0.15) is 0 Å². The number of ketones is 1. The maximum Gasteiger partial charge on any atom is 0.274 e. The summed E-state index contributed by atoms with van der Waals surface area (Å²) in [7, 11) is 0. The molecule has 0 saturated carbocycles. The number of anilines is 3. The quantitative estimate of drug-likeness (QED) is 0.598. The molecule has 0 fully saturated rings. The highest BCUT2D eigenvalue weighted by atomic mass is 35.5. The van der Waals surface area contributed by atoms with Gasteiger partial charge in [0.05, 0.1) is 10.7 Å². The van der Waals surface area contributed by atoms with Crippen molar-refractivity contribution < 1.29 is 9.59 Å². The topological polar surface area (TPSA) is 84.0 Å². The SMILES string of the molecule is CC(=O)c1ccc(Nc2cc(C(=O)Nc3c(C)cc(C)cc3Cl)ncn2)cc1. The van der Waals surface area contributed by atoms with Crippen LogP contribution in [0.4, 0.5) is 17.2 Å². The van der Waals surface area contributed by atoms with E-state index < -0.39 is 0 Å². The van der Waals surface area contributed by atoms with Gasteiger partial charge in [0.15, 0.2) is 5.78 Å². The Hall–Kier alpha value is -3.25. The van der Waals surface area contributed by atoms with E-state index in [4.69, 9.17) is 11.6 Å². The highest BCUT2D eigenvalue weighted by Crippen LogP contribution is 2.27. The molecule has 1 aromatic heterocycles. The molecule has 28 heavy (non-hydrogen) atoms. The third kappa shape index (κ3) is 4.53. The van der Waals surface area contributed by atoms with Gasteiger partial charge >= 0.3 is 0 Å². The Balaban J connectivity index is 1.77. The number of Topliss-reactive ketones (excluding diaryl/α,β-unsaturated/α-hetero) is 1. The first-order chi connectivity index (χ1) is 13.3. The van der Waals surface area contributed by atoms with Gasteiger partial charge in [-0.05, 0) is 62.2 Å². The minimum Gasteiger partial charge on any atom is -0.340 e. The molecular formula is C21H19ClN4O2. The first kappa shape index (κ1) is 19.5. The summed E-state index contributed by atoms with van der Waals surface area (Å²) in [6.45, 7) is 5.34. The van der Waals surface area contributed by atoms with Gasteiger partial charge in [-0.25, -0.2) is 9.97 Å². The van der Waals surface area contributed by atoms with Crippen LogP contribution in [0.25, 0.3) is 0 Å². The van der Waals surface area contributed by atoms with Gasteiger partial charge in [0, 0.05) is 17.3 Å². The van der Waals surface area contributed by atoms with Crippen molar-refractivity contribution in [2.45, 2.75) is 20.8 Å². The zero-order valence-electron chi connectivity index (χ0n) is 15.7. The molecule has 6 nitrogen and oxygen atoms in total. The van der Waals surface area contributed by atoms with Crippen LogP contribution in [0, 0.1) is 13.8 Å². The van der Waals surface area contributed by atoms with Gasteiger partial charge < -0.3 is 10.6 Å². The summed E-state index contributed by atoms with van der Waals surface area (Å²) in [5.41, 5.74) is 4.02. The lowest BCUT2D eigenvalue weighted by molar-refractivity contribution is 0.101. The fourth-order valence-corrected chi connectivity index (χ4v) is 3.11. The van der Waals surface area contributed by atoms with Crippen LogP contribution in [0.5, 0.6) is 0 Å². The molecule has 0 aliphatic rings. The number of benzene rings is 2. The Morgan fingerprint density at radius 3 is 2.36 bits per heavy atom. The van der Waals surface area contributed by atoms with E-state index in [1.54, 1.807) is 36.4 Å². The van der Waals surface area contributed by atoms with Crippen LogP contribution in [0.2, 0.25) is 5.02 Å². The smallest absolute Gasteiger partial charge is 0.274 e. The summed E-state index contributed by atoms with van der Waals surface area (Å²) in [4.78, 5) is 32.1. The number of carbonyl (C=O) groups is 2. The van der Waals surface area contributed by atoms with Crippen molar-refractivity contribution in [3.05, 3.63) is 76.2 Å². The second kappa shape index (κ2) is 8.19. The monoisotopic (exact) mass is 394 g/mol. The largest absolute Gasteiger partial charge is 0.340 e. The average molecular weight is 395 g/mol. The number of nitrogens with one attached hydrogen (secondary N) is 2. The van der Waals surface area contributed by atoms with Gasteiger partial charge in [-0.1, -0.05) is 17.7 Å². The maximum atomic E-state index is 12.6. The molecule has 1 amide bonds. The summed E-state index contributed by atoms with van der Waals surface area (Å²) in [6, 6.07) is 12.3. The highest BCUT2D eigenvalue weighted by Gasteiger charge is 2.13. The molecule has 0 aliphatic carbocycles. The van der Waals surface area contributed by atoms with E-state index in [9.17, 15) is 9.59 Å². The Labute approximate surface area is 168 Å². The zero-order valence-corrected chi connectivity index (χ0v) is 16.5. The van der Waals surface area contributed by atoms with Gasteiger partial charge in [-0.3, -0.25) is 9.59 Å². The molecule has 142 valence electrons. The minimum atomic E-state index is -0.383. The molecule has 3 rings (SSSR count). The van der Waals surface area contributed by atoms with Crippen molar-refractivity contribution in [2.24, 2.45) is 0 Å². The first-order valence-electron chi connectivity index (χ1n) is 8.61. The summed E-state index contributed by atoms with van der Waals surface area (Å²) in [5, 5.41) is 6.37. The van der Waals surface area contributed by atoms with Crippen LogP contribution in [0.1, 0.15) is 38.9 Å². The van der Waals surface area contributed by atoms with Crippen molar-refractivity contribution in [3.63, 3.8) is 0 Å². The van der Waals surface area contributed by atoms with Crippen molar-refractivity contribution >= 4 is 40.5 Å². The normalized spacial score (nSPS) is 10.4. The number of nitrogens with zero attached hydrogens (tertiary/aromatic N) is 2. The van der Waals surface area contributed by atoms with Crippen LogP contribution < -0.4 is 10.6 Å². The molecule has 7 heteroatoms. The standard InChI is InChI=1S/C21H19ClN4O2/c1-12-8-13(2)20(17(22)9-12)26-21(28)18-10-19(24-11-23-18)25-16-6-4-15(5-7-16)14(3)27/h4-11H,1-3H3,(H,26,28)(H,23,24,25). The number of halogens is 1. The van der Waals surface area contributed by atoms with Crippen molar-refractivity contribution in [1.82, 2.24) is 9.97 Å². The minimum absolute atomic E-state index is 0.00222. The zero-order chi connectivity index (χ0) is 20.3. The number of amides is 1. The molecule has 1 heterocycles. The van der Waals surface area contributed by atoms with E-state index in [-0.39, 0.29) is 17.4 Å². The first-order valence-corrected chi connectivity index (χ1v) is 8.99. The van der Waals surface area contributed by atoms with Crippen LogP contribution in [-0.2, 0) is 0 Å². The molecule has 0 saturated heterocycles. The van der Waals surface area contributed by atoms with Crippen molar-refractivity contribution in [1.29, 1.82) is 0 Å². The van der Waals surface area contributed by atoms with Crippen molar-refractivity contribution in [3.8, 4) is 0 Å². The molecular weight excluding hydrogens is 376 g/mol. The van der Waals surface area contributed by atoms with E-state index in [0.29, 0.717) is 22.1 Å². The Morgan fingerprint density at radius 2 is 1.71 bits per heavy atom. The summed E-state index contributed by atoms with van der Waals surface area (Å²) in [5.74, 6) is 0.0753. The predicted molar refractivity (Wildman–Crippen MR) is 111 cm³/mol. The number of hydrogen-bond acceptors (Lipinski definition) is 5. The lowest BCUT2D eigenvalue weighted by Gasteiger charge is -2.12. The van der Waals surface area contributed by atoms with Gasteiger partial charge in [-0.15, -0.1) is 0 Å². The Morgan fingerprint density at radius 1 is 1.00 bits per heavy atom. The fourth-order valence-electron chi connectivity index (χ4n) is 2.74. The highest BCUT2D eigenvalue weighted by molar-refractivity contribution is 6.34. The van der Waals surface area contributed by atoms with E-state index in [0.717, 1.165) is 16.8 Å². The van der Waals surface area contributed by atoms with Gasteiger partial charge in [0.2, 0.25) is 0 Å². The number of rotatable bonds is 5. The molecule has 0 atom stereocenters. The molecule has 0 unspecified atom stereocenters. The molecule has 0 spiro atoms. The van der Waals surface area contributed by atoms with E-state index in [1.165, 1.54) is 13.3 Å². The molecule has 0 bridgehead atoms. The number of carbonyl (C=O) groups excluding carboxylic acids is 2. The number of hydrogen-bond donors (Lipinski definition) is 2. The Bertz CT molecular complexity index is 1030. The molecule has 2 aromatic carbocycles. The molecule has 3 aromatic rings. The number of aryl methyl sites for hydroxylation is 2. The molecule has 0 radical (unpaired) electrons. The van der Waals surface area contributed by atoms with E-state index in [2.05, 4.69) is 20.6 Å². The van der Waals surface area contributed by atoms with Gasteiger partial charge in [0.1, 0.15) is 17.8 Å². The van der Waals surface area contributed by atoms with E-state index >= 15 is 0 Å². The lowest BCUT2D eigenvalue weighted by atomic mass is 10.1. The lowest BCUT2D eigenvalue weighted by Crippen LogP contribution is -2.15. The van der Waals surface area contributed by atoms with Crippen LogP contribution in [0.3, 0.4) is 0 Å². The average Bonchev–Trinajstić information content (AvgIpc) is 2.65. The Kier molecular flexibility index (Phi) is 5.70. The fraction of sp³-hybridized carbons (Fsp3) is 0.143. The van der Waals surface area contributed by atoms with Gasteiger partial charge in [0.25, 0.3) is 5.91 Å². The third-order valence-corrected chi connectivity index (χ3v) is 4.43. The second-order valence-electron chi connectivity index (χ2n) is 6.44.